The number of aliphatic hydroxyl groups excluding tert-OH is 1. The average Bonchev–Trinajstić information content (AvgIpc) is 3.28. The lowest BCUT2D eigenvalue weighted by Crippen LogP contribution is -2.40. The second-order valence-corrected chi connectivity index (χ2v) is 9.40. The van der Waals surface area contributed by atoms with Crippen LogP contribution < -0.4 is 5.32 Å². The molecule has 1 aliphatic heterocycles. The van der Waals surface area contributed by atoms with Crippen LogP contribution in [0, 0.1) is 0 Å². The summed E-state index contributed by atoms with van der Waals surface area (Å²) in [4.78, 5) is 14.6. The number of aliphatic hydroxyl groups is 1. The standard InChI is InChI=1S/C25H32N2O4/c1-25(2,3)31-16-27-13-17(12-18(27)14-28)26-24(29)30-15-23-21-10-6-4-8-19(21)20-9-5-7-11-22(20)23/h4-11,17-18,23,28H,12-16H2,1-3H3,(H,26,29)/t17-,18-/m0/s1. The molecule has 1 amide bonds. The molecule has 0 saturated carbocycles. The maximum atomic E-state index is 12.6. The van der Waals surface area contributed by atoms with Gasteiger partial charge in [0.15, 0.2) is 0 Å². The van der Waals surface area contributed by atoms with Gasteiger partial charge in [0.2, 0.25) is 0 Å². The number of nitrogens with one attached hydrogen (secondary N) is 1. The molecule has 0 radical (unpaired) electrons. The summed E-state index contributed by atoms with van der Waals surface area (Å²) in [5, 5.41) is 12.7. The third kappa shape index (κ3) is 4.92. The predicted octanol–water partition coefficient (Wildman–Crippen LogP) is 3.73. The van der Waals surface area contributed by atoms with Gasteiger partial charge in [0.1, 0.15) is 13.3 Å². The van der Waals surface area contributed by atoms with E-state index < -0.39 is 6.09 Å². The lowest BCUT2D eigenvalue weighted by atomic mass is 9.98. The maximum Gasteiger partial charge on any atom is 0.407 e. The third-order valence-electron chi connectivity index (χ3n) is 6.07. The molecule has 1 heterocycles. The normalized spacial score (nSPS) is 21.0. The number of ether oxygens (including phenoxy) is 2. The monoisotopic (exact) mass is 424 g/mol. The van der Waals surface area contributed by atoms with Crippen LogP contribution in [0.5, 0.6) is 0 Å². The van der Waals surface area contributed by atoms with Crippen molar-refractivity contribution in [3.63, 3.8) is 0 Å². The van der Waals surface area contributed by atoms with E-state index in [2.05, 4.69) is 34.5 Å². The van der Waals surface area contributed by atoms with Crippen molar-refractivity contribution in [2.75, 3.05) is 26.5 Å². The van der Waals surface area contributed by atoms with Crippen LogP contribution in [0.3, 0.4) is 0 Å². The zero-order valence-corrected chi connectivity index (χ0v) is 18.5. The number of carbonyl (C=O) groups is 1. The Morgan fingerprint density at radius 3 is 2.29 bits per heavy atom. The van der Waals surface area contributed by atoms with Crippen molar-refractivity contribution in [1.29, 1.82) is 0 Å². The number of hydrogen-bond acceptors (Lipinski definition) is 5. The molecule has 1 fully saturated rings. The first-order chi connectivity index (χ1) is 14.9. The van der Waals surface area contributed by atoms with Crippen molar-refractivity contribution < 1.29 is 19.4 Å². The topological polar surface area (TPSA) is 71.0 Å². The van der Waals surface area contributed by atoms with Crippen molar-refractivity contribution in [1.82, 2.24) is 10.2 Å². The van der Waals surface area contributed by atoms with Gasteiger partial charge in [-0.1, -0.05) is 48.5 Å². The first-order valence-corrected chi connectivity index (χ1v) is 11.0. The molecule has 6 nitrogen and oxygen atoms in total. The molecule has 166 valence electrons. The minimum atomic E-state index is -0.415. The van der Waals surface area contributed by atoms with E-state index in [1.165, 1.54) is 22.3 Å². The quantitative estimate of drug-likeness (QED) is 0.739. The fourth-order valence-electron chi connectivity index (χ4n) is 4.52. The van der Waals surface area contributed by atoms with Crippen molar-refractivity contribution in [2.24, 2.45) is 0 Å². The molecule has 2 N–H and O–H groups in total. The van der Waals surface area contributed by atoms with Gasteiger partial charge in [-0.25, -0.2) is 4.79 Å². The Labute approximate surface area is 184 Å². The summed E-state index contributed by atoms with van der Waals surface area (Å²) in [6.45, 7) is 7.41. The van der Waals surface area contributed by atoms with Crippen LogP contribution in [0.25, 0.3) is 11.1 Å². The molecule has 1 saturated heterocycles. The molecule has 2 atom stereocenters. The van der Waals surface area contributed by atoms with Crippen LogP contribution >= 0.6 is 0 Å². The van der Waals surface area contributed by atoms with E-state index in [0.29, 0.717) is 26.3 Å². The van der Waals surface area contributed by atoms with Gasteiger partial charge in [-0.2, -0.15) is 0 Å². The van der Waals surface area contributed by atoms with Gasteiger partial charge in [0, 0.05) is 24.5 Å². The Balaban J connectivity index is 1.34. The second kappa shape index (κ2) is 8.99. The van der Waals surface area contributed by atoms with Gasteiger partial charge in [0.05, 0.1) is 12.2 Å². The van der Waals surface area contributed by atoms with Crippen LogP contribution in [0.1, 0.15) is 44.2 Å². The zero-order valence-electron chi connectivity index (χ0n) is 18.5. The molecule has 1 aliphatic carbocycles. The van der Waals surface area contributed by atoms with Crippen LogP contribution in [-0.4, -0.2) is 60.3 Å². The largest absolute Gasteiger partial charge is 0.449 e. The Morgan fingerprint density at radius 2 is 1.71 bits per heavy atom. The van der Waals surface area contributed by atoms with Crippen LogP contribution in [0.4, 0.5) is 4.79 Å². The summed E-state index contributed by atoms with van der Waals surface area (Å²) < 4.78 is 11.5. The molecule has 0 bridgehead atoms. The number of rotatable bonds is 6. The first-order valence-electron chi connectivity index (χ1n) is 11.0. The van der Waals surface area contributed by atoms with Gasteiger partial charge < -0.3 is 19.9 Å². The SMILES string of the molecule is CC(C)(C)OCN1C[C@@H](NC(=O)OCC2c3ccccc3-c3ccccc32)C[C@H]1CO. The van der Waals surface area contributed by atoms with Gasteiger partial charge >= 0.3 is 6.09 Å². The molecule has 2 aromatic rings. The Bertz CT molecular complexity index is 878. The number of alkyl carbamates (subject to hydrolysis) is 1. The highest BCUT2D eigenvalue weighted by molar-refractivity contribution is 5.79. The van der Waals surface area contributed by atoms with E-state index in [9.17, 15) is 9.90 Å². The molecule has 6 heteroatoms. The highest BCUT2D eigenvalue weighted by Gasteiger charge is 2.34. The Hall–Kier alpha value is -2.41. The van der Waals surface area contributed by atoms with Crippen molar-refractivity contribution in [3.05, 3.63) is 59.7 Å². The van der Waals surface area contributed by atoms with Crippen molar-refractivity contribution in [2.45, 2.75) is 50.8 Å². The summed E-state index contributed by atoms with van der Waals surface area (Å²) in [5.74, 6) is 0.0450. The van der Waals surface area contributed by atoms with Crippen LogP contribution in [-0.2, 0) is 9.47 Å². The number of nitrogens with zero attached hydrogens (tertiary/aromatic N) is 1. The summed E-state index contributed by atoms with van der Waals surface area (Å²) >= 11 is 0. The van der Waals surface area contributed by atoms with E-state index in [1.807, 2.05) is 45.0 Å². The second-order valence-electron chi connectivity index (χ2n) is 9.40. The minimum Gasteiger partial charge on any atom is -0.449 e. The van der Waals surface area contributed by atoms with E-state index in [4.69, 9.17) is 9.47 Å². The molecule has 2 aromatic carbocycles. The predicted molar refractivity (Wildman–Crippen MR) is 120 cm³/mol. The zero-order chi connectivity index (χ0) is 22.0. The highest BCUT2D eigenvalue weighted by Crippen LogP contribution is 2.44. The molecular weight excluding hydrogens is 392 g/mol. The molecule has 0 aromatic heterocycles. The van der Waals surface area contributed by atoms with Gasteiger partial charge in [-0.3, -0.25) is 4.90 Å². The fourth-order valence-corrected chi connectivity index (χ4v) is 4.52. The van der Waals surface area contributed by atoms with Crippen molar-refractivity contribution in [3.8, 4) is 11.1 Å². The number of benzene rings is 2. The fraction of sp³-hybridized carbons (Fsp3) is 0.480. The molecule has 0 spiro atoms. The summed E-state index contributed by atoms with van der Waals surface area (Å²) in [7, 11) is 0. The lowest BCUT2D eigenvalue weighted by molar-refractivity contribution is -0.0719. The van der Waals surface area contributed by atoms with Crippen molar-refractivity contribution >= 4 is 6.09 Å². The maximum absolute atomic E-state index is 12.6. The first kappa shape index (κ1) is 21.8. The highest BCUT2D eigenvalue weighted by atomic mass is 16.5. The van der Waals surface area contributed by atoms with E-state index in [0.717, 1.165) is 0 Å². The van der Waals surface area contributed by atoms with E-state index in [1.54, 1.807) is 0 Å². The summed E-state index contributed by atoms with van der Waals surface area (Å²) in [6.07, 6.45) is 0.260. The lowest BCUT2D eigenvalue weighted by Gasteiger charge is -2.27. The average molecular weight is 425 g/mol. The number of fused-ring (bicyclic) bond motifs is 3. The van der Waals surface area contributed by atoms with Crippen LogP contribution in [0.2, 0.25) is 0 Å². The third-order valence-corrected chi connectivity index (χ3v) is 6.07. The summed E-state index contributed by atoms with van der Waals surface area (Å²) in [5.41, 5.74) is 4.57. The molecular formula is C25H32N2O4. The number of hydrogen-bond donors (Lipinski definition) is 2. The van der Waals surface area contributed by atoms with Crippen LogP contribution in [0.15, 0.2) is 48.5 Å². The smallest absolute Gasteiger partial charge is 0.407 e. The number of amides is 1. The number of carbonyl (C=O) groups excluding carboxylic acids is 1. The Kier molecular flexibility index (Phi) is 6.32. The molecule has 31 heavy (non-hydrogen) atoms. The molecule has 4 rings (SSSR count). The van der Waals surface area contributed by atoms with E-state index in [-0.39, 0.29) is 30.2 Å². The summed E-state index contributed by atoms with van der Waals surface area (Å²) in [6, 6.07) is 16.5. The van der Waals surface area contributed by atoms with Gasteiger partial charge in [-0.05, 0) is 49.4 Å². The van der Waals surface area contributed by atoms with Gasteiger partial charge in [0.25, 0.3) is 0 Å². The Morgan fingerprint density at radius 1 is 1.10 bits per heavy atom. The van der Waals surface area contributed by atoms with E-state index >= 15 is 0 Å². The minimum absolute atomic E-state index is 0.0266. The number of likely N-dealkylation sites (tertiary alicyclic amines) is 1. The molecule has 2 aliphatic rings. The van der Waals surface area contributed by atoms with Gasteiger partial charge in [-0.15, -0.1) is 0 Å². The molecule has 0 unspecified atom stereocenters.